The number of nitrogens with one attached hydrogen (secondary N) is 1. The second-order valence-corrected chi connectivity index (χ2v) is 20.0. The van der Waals surface area contributed by atoms with Crippen molar-refractivity contribution in [1.29, 1.82) is 0 Å². The molecule has 20 nitrogen and oxygen atoms in total. The van der Waals surface area contributed by atoms with E-state index in [0.29, 0.717) is 13.2 Å². The summed E-state index contributed by atoms with van der Waals surface area (Å²) in [6.45, 7) is 4.12. The summed E-state index contributed by atoms with van der Waals surface area (Å²) >= 11 is 0. The average Bonchev–Trinajstić information content (AvgIpc) is 3.26. The summed E-state index contributed by atoms with van der Waals surface area (Å²) in [6.07, 6.45) is 11.1. The third-order valence-electron chi connectivity index (χ3n) is 12.0. The van der Waals surface area contributed by atoms with Crippen LogP contribution >= 0.6 is 0 Å². The van der Waals surface area contributed by atoms with Gasteiger partial charge in [0, 0.05) is 20.1 Å². The minimum Gasteiger partial charge on any atom is -0.726 e. The van der Waals surface area contributed by atoms with Crippen LogP contribution in [0.3, 0.4) is 0 Å². The number of unbranched alkanes of at least 4 members (excludes halogenated alkanes) is 22. The number of ether oxygens (including phenoxy) is 6. The molecule has 2 heterocycles. The normalized spacial score (nSPS) is 25.7. The molecule has 2 aliphatic heterocycles. The maximum Gasteiger partial charge on any atom is 1.00 e. The Morgan fingerprint density at radius 3 is 1.41 bits per heavy atom. The van der Waals surface area contributed by atoms with Crippen molar-refractivity contribution < 1.29 is 147 Å². The zero-order chi connectivity index (χ0) is 49.5. The first-order valence-corrected chi connectivity index (χ1v) is 27.6. The van der Waals surface area contributed by atoms with E-state index < -0.39 is 107 Å². The molecule has 69 heavy (non-hydrogen) atoms. The molecular formula is C45H85NNa2O19S2. The molecule has 2 rings (SSSR count). The number of carbonyl (C=O) groups is 1. The Hall–Kier alpha value is 0.810. The third kappa shape index (κ3) is 32.8. The Morgan fingerprint density at radius 2 is 0.971 bits per heavy atom. The topological polar surface area (TPSA) is 298 Å². The fourth-order valence-corrected chi connectivity index (χ4v) is 8.77. The molecule has 0 aliphatic carbocycles. The van der Waals surface area contributed by atoms with E-state index >= 15 is 0 Å². The molecule has 0 aromatic rings. The summed E-state index contributed by atoms with van der Waals surface area (Å²) in [6, 6.07) is -1.62. The number of amides is 1. The predicted octanol–water partition coefficient (Wildman–Crippen LogP) is -1.45. The van der Waals surface area contributed by atoms with Gasteiger partial charge in [-0.15, -0.1) is 0 Å². The van der Waals surface area contributed by atoms with Gasteiger partial charge < -0.3 is 63.3 Å². The first-order valence-electron chi connectivity index (χ1n) is 24.9. The molecule has 2 aliphatic rings. The van der Waals surface area contributed by atoms with Crippen molar-refractivity contribution in [3.05, 3.63) is 0 Å². The predicted molar refractivity (Wildman–Crippen MR) is 244 cm³/mol. The summed E-state index contributed by atoms with van der Waals surface area (Å²) in [7, 11) is -10.6. The zero-order valence-electron chi connectivity index (χ0n) is 42.3. The fraction of sp³-hybridized carbons (Fsp3) is 0.978. The molecule has 0 aromatic carbocycles. The molecule has 5 N–H and O–H groups in total. The number of hydrogen-bond acceptors (Lipinski definition) is 19. The van der Waals surface area contributed by atoms with Gasteiger partial charge >= 0.3 is 59.1 Å². The van der Waals surface area contributed by atoms with E-state index in [1.54, 1.807) is 0 Å². The first-order chi connectivity index (χ1) is 32.0. The van der Waals surface area contributed by atoms with Gasteiger partial charge in [0.2, 0.25) is 26.7 Å². The number of aliphatic hydroxyl groups excluding tert-OH is 4. The van der Waals surface area contributed by atoms with Crippen molar-refractivity contribution >= 4 is 26.7 Å². The third-order valence-corrected chi connectivity index (χ3v) is 12.9. The second-order valence-electron chi connectivity index (χ2n) is 17.9. The van der Waals surface area contributed by atoms with Crippen LogP contribution in [0, 0.1) is 0 Å². The van der Waals surface area contributed by atoms with Crippen molar-refractivity contribution in [2.24, 2.45) is 0 Å². The number of aliphatic hydroxyl groups is 4. The summed E-state index contributed by atoms with van der Waals surface area (Å²) in [5.41, 5.74) is 0. The smallest absolute Gasteiger partial charge is 0.726 e. The van der Waals surface area contributed by atoms with Gasteiger partial charge in [0.25, 0.3) is 0 Å². The molecule has 1 amide bonds. The number of hydrogen-bond donors (Lipinski definition) is 5. The minimum atomic E-state index is -5.31. The monoisotopic (exact) mass is 1050 g/mol. The molecule has 0 radical (unpaired) electrons. The SMILES string of the molecule is CCCCCCCCCCCCCCOCC(CO[C@@H]1O[C@H](COS(=O)(=O)[O-])[C@H](O)[C@H](O[C@H]2O[C@H](COS(=O)(=O)[O-])[C@@H](O)[C@H](O)[C@H]2NC(C)=O)[C@H]1O)OCCCCCCCCCCCCCC.[Na+].[Na+]. The largest absolute Gasteiger partial charge is 1.00 e. The van der Waals surface area contributed by atoms with Gasteiger partial charge in [-0.05, 0) is 12.8 Å². The van der Waals surface area contributed by atoms with Gasteiger partial charge in [0.05, 0.1) is 26.4 Å². The van der Waals surface area contributed by atoms with E-state index in [1.165, 1.54) is 109 Å². The summed E-state index contributed by atoms with van der Waals surface area (Å²) in [5, 5.41) is 46.7. The molecule has 0 aromatic heterocycles. The van der Waals surface area contributed by atoms with E-state index in [-0.39, 0.29) is 72.3 Å². The van der Waals surface area contributed by atoms with Crippen LogP contribution in [0.5, 0.6) is 0 Å². The van der Waals surface area contributed by atoms with Crippen LogP contribution in [0.15, 0.2) is 0 Å². The number of rotatable bonds is 41. The van der Waals surface area contributed by atoms with Crippen LogP contribution in [-0.4, -0.2) is 159 Å². The van der Waals surface area contributed by atoms with E-state index in [0.717, 1.165) is 51.9 Å². The van der Waals surface area contributed by atoms with Crippen molar-refractivity contribution in [2.45, 2.75) is 242 Å². The molecule has 398 valence electrons. The molecule has 0 saturated carbocycles. The van der Waals surface area contributed by atoms with Crippen LogP contribution < -0.4 is 64.4 Å². The second kappa shape index (κ2) is 41.0. The molecule has 11 atom stereocenters. The van der Waals surface area contributed by atoms with E-state index in [9.17, 15) is 51.2 Å². The van der Waals surface area contributed by atoms with Crippen LogP contribution in [0.2, 0.25) is 0 Å². The summed E-state index contributed by atoms with van der Waals surface area (Å²) < 4.78 is 112. The van der Waals surface area contributed by atoms with Gasteiger partial charge in [-0.2, -0.15) is 0 Å². The minimum absolute atomic E-state index is 0. The van der Waals surface area contributed by atoms with E-state index in [1.807, 2.05) is 0 Å². The molecule has 1 unspecified atom stereocenters. The quantitative estimate of drug-likeness (QED) is 0.0203. The average molecular weight is 1050 g/mol. The molecule has 2 saturated heterocycles. The molecule has 0 bridgehead atoms. The van der Waals surface area contributed by atoms with Crippen molar-refractivity contribution in [3.63, 3.8) is 0 Å². The van der Waals surface area contributed by atoms with Gasteiger partial charge in [0.15, 0.2) is 12.6 Å². The standard InChI is InChI=1S/C45H87NO19S2.2Na/c1-4-6-8-10-12-14-16-18-20-22-24-26-28-58-30-35(59-29-27-25-23-21-19-17-15-13-11-9-7-5-2)31-60-45-42(51)43(40(49)37(64-45)33-62-67(55,56)57)65-44-38(46-34(3)47)41(50)39(48)36(63-44)32-61-66(52,53)54;;/h35-45,48-51H,4-33H2,1-3H3,(H,46,47)(H,52,53,54)(H,55,56,57);;/q;2*+1/p-2/t35?,36-,37-,38-,39-,40+,41-,42-,43+,44-,45-;;/m1../s1. The van der Waals surface area contributed by atoms with Crippen LogP contribution in [0.4, 0.5) is 0 Å². The van der Waals surface area contributed by atoms with Crippen LogP contribution in [0.1, 0.15) is 175 Å². The van der Waals surface area contributed by atoms with Crippen LogP contribution in [-0.2, 0) is 62.4 Å². The van der Waals surface area contributed by atoms with Gasteiger partial charge in [-0.25, -0.2) is 16.8 Å². The Morgan fingerprint density at radius 1 is 0.565 bits per heavy atom. The molecular weight excluding hydrogens is 969 g/mol. The Kier molecular flexibility index (Phi) is 41.5. The molecule has 2 fully saturated rings. The van der Waals surface area contributed by atoms with Crippen molar-refractivity contribution in [2.75, 3.05) is 39.6 Å². The zero-order valence-corrected chi connectivity index (χ0v) is 47.9. The summed E-state index contributed by atoms with van der Waals surface area (Å²) in [5.74, 6) is -0.748. The van der Waals surface area contributed by atoms with Gasteiger partial charge in [-0.3, -0.25) is 13.2 Å². The number of carbonyl (C=O) groups excluding carboxylic acids is 1. The van der Waals surface area contributed by atoms with Crippen LogP contribution in [0.25, 0.3) is 0 Å². The maximum atomic E-state index is 12.1. The molecule has 0 spiro atoms. The van der Waals surface area contributed by atoms with Gasteiger partial charge in [0.1, 0.15) is 54.9 Å². The van der Waals surface area contributed by atoms with E-state index in [4.69, 9.17) is 28.4 Å². The Labute approximate surface area is 457 Å². The van der Waals surface area contributed by atoms with Gasteiger partial charge in [-0.1, -0.05) is 155 Å². The van der Waals surface area contributed by atoms with Crippen molar-refractivity contribution in [3.8, 4) is 0 Å². The Bertz CT molecular complexity index is 1490. The van der Waals surface area contributed by atoms with E-state index in [2.05, 4.69) is 27.5 Å². The maximum absolute atomic E-state index is 12.1. The summed E-state index contributed by atoms with van der Waals surface area (Å²) in [4.78, 5) is 12.1. The first kappa shape index (κ1) is 69.8. The van der Waals surface area contributed by atoms with Crippen molar-refractivity contribution in [1.82, 2.24) is 5.32 Å². The fourth-order valence-electron chi connectivity index (χ4n) is 8.17. The Balaban J connectivity index is 0.0000231. The molecule has 24 heteroatoms.